The topological polar surface area (TPSA) is 90.7 Å². The van der Waals surface area contributed by atoms with Gasteiger partial charge in [-0.25, -0.2) is 14.6 Å². The molecule has 7 heteroatoms. The Labute approximate surface area is 150 Å². The summed E-state index contributed by atoms with van der Waals surface area (Å²) >= 11 is 1.88. The molecular formula is C18H20N2O4S. The Morgan fingerprint density at radius 1 is 1.20 bits per heavy atom. The van der Waals surface area contributed by atoms with Crippen LogP contribution in [0, 0.1) is 0 Å². The van der Waals surface area contributed by atoms with Gasteiger partial charge < -0.3 is 15.1 Å². The van der Waals surface area contributed by atoms with E-state index in [4.69, 9.17) is 15.2 Å². The molecule has 1 heterocycles. The maximum atomic E-state index is 9.55. The fourth-order valence-corrected chi connectivity index (χ4v) is 3.47. The van der Waals surface area contributed by atoms with E-state index in [0.29, 0.717) is 12.2 Å². The van der Waals surface area contributed by atoms with Crippen molar-refractivity contribution in [2.24, 2.45) is 0 Å². The van der Waals surface area contributed by atoms with Gasteiger partial charge in [-0.1, -0.05) is 24.3 Å². The van der Waals surface area contributed by atoms with Crippen molar-refractivity contribution in [2.75, 3.05) is 20.6 Å². The Morgan fingerprint density at radius 2 is 1.84 bits per heavy atom. The number of rotatable bonds is 5. The molecular weight excluding hydrogens is 340 g/mol. The van der Waals surface area contributed by atoms with Crippen LogP contribution in [0.1, 0.15) is 15.4 Å². The SMILES string of the molecule is CN(C)CCc1nc2c(s1)Cc1ccccc1-2.O=C(O)/C=C/C(=O)O. The number of fused-ring (bicyclic) bond motifs is 3. The van der Waals surface area contributed by atoms with Crippen molar-refractivity contribution >= 4 is 23.3 Å². The molecule has 1 aliphatic carbocycles. The molecule has 0 fully saturated rings. The summed E-state index contributed by atoms with van der Waals surface area (Å²) in [4.78, 5) is 27.6. The van der Waals surface area contributed by atoms with E-state index < -0.39 is 11.9 Å². The van der Waals surface area contributed by atoms with Gasteiger partial charge >= 0.3 is 11.9 Å². The molecule has 1 aliphatic rings. The van der Waals surface area contributed by atoms with Crippen LogP contribution in [0.2, 0.25) is 0 Å². The van der Waals surface area contributed by atoms with E-state index in [0.717, 1.165) is 19.4 Å². The minimum atomic E-state index is -1.26. The van der Waals surface area contributed by atoms with Crippen LogP contribution in [0.5, 0.6) is 0 Å². The van der Waals surface area contributed by atoms with E-state index in [1.807, 2.05) is 11.3 Å². The molecule has 0 saturated carbocycles. The molecule has 0 spiro atoms. The predicted molar refractivity (Wildman–Crippen MR) is 97.0 cm³/mol. The average molecular weight is 360 g/mol. The molecule has 1 aromatic heterocycles. The van der Waals surface area contributed by atoms with Gasteiger partial charge in [0.05, 0.1) is 10.7 Å². The van der Waals surface area contributed by atoms with Gasteiger partial charge in [0.2, 0.25) is 0 Å². The largest absolute Gasteiger partial charge is 0.478 e. The third kappa shape index (κ3) is 5.51. The van der Waals surface area contributed by atoms with Crippen molar-refractivity contribution in [1.82, 2.24) is 9.88 Å². The number of carbonyl (C=O) groups is 2. The molecule has 25 heavy (non-hydrogen) atoms. The van der Waals surface area contributed by atoms with Gasteiger partial charge in [-0.15, -0.1) is 11.3 Å². The van der Waals surface area contributed by atoms with Gasteiger partial charge in [-0.3, -0.25) is 0 Å². The first-order valence-corrected chi connectivity index (χ1v) is 8.54. The molecule has 2 N–H and O–H groups in total. The monoisotopic (exact) mass is 360 g/mol. The first kappa shape index (κ1) is 18.8. The van der Waals surface area contributed by atoms with Crippen LogP contribution in [-0.4, -0.2) is 52.7 Å². The van der Waals surface area contributed by atoms with Crippen molar-refractivity contribution in [2.45, 2.75) is 12.8 Å². The lowest BCUT2D eigenvalue weighted by Crippen LogP contribution is -2.14. The summed E-state index contributed by atoms with van der Waals surface area (Å²) in [5, 5.41) is 16.9. The number of hydrogen-bond acceptors (Lipinski definition) is 5. The third-order valence-electron chi connectivity index (χ3n) is 3.51. The van der Waals surface area contributed by atoms with E-state index in [-0.39, 0.29) is 0 Å². The number of aliphatic carboxylic acids is 2. The van der Waals surface area contributed by atoms with Crippen molar-refractivity contribution in [1.29, 1.82) is 0 Å². The number of likely N-dealkylation sites (N-methyl/N-ethyl adjacent to an activating group) is 1. The number of carboxylic acids is 2. The lowest BCUT2D eigenvalue weighted by atomic mass is 10.1. The highest BCUT2D eigenvalue weighted by molar-refractivity contribution is 7.12. The molecule has 2 aromatic rings. The van der Waals surface area contributed by atoms with Crippen LogP contribution < -0.4 is 0 Å². The zero-order valence-corrected chi connectivity index (χ0v) is 14.9. The summed E-state index contributed by atoms with van der Waals surface area (Å²) in [7, 11) is 4.22. The lowest BCUT2D eigenvalue weighted by molar-refractivity contribution is -0.134. The molecule has 0 atom stereocenters. The van der Waals surface area contributed by atoms with Crippen LogP contribution in [0.25, 0.3) is 11.3 Å². The van der Waals surface area contributed by atoms with Gasteiger partial charge in [-0.05, 0) is 19.7 Å². The summed E-state index contributed by atoms with van der Waals surface area (Å²) in [6.45, 7) is 1.08. The minimum Gasteiger partial charge on any atom is -0.478 e. The smallest absolute Gasteiger partial charge is 0.328 e. The number of hydrogen-bond donors (Lipinski definition) is 2. The first-order valence-electron chi connectivity index (χ1n) is 7.72. The standard InChI is InChI=1S/C14H16N2S.C4H4O4/c1-16(2)8-7-13-15-14-11-6-4-3-5-10(11)9-12(14)17-13;5-3(6)1-2-4(7)8/h3-6H,7-9H2,1-2H3;1-2H,(H,5,6)(H,7,8)/b;2-1+. The van der Waals surface area contributed by atoms with Crippen molar-refractivity contribution in [3.05, 3.63) is 51.9 Å². The Morgan fingerprint density at radius 3 is 2.44 bits per heavy atom. The van der Waals surface area contributed by atoms with E-state index >= 15 is 0 Å². The normalized spacial score (nSPS) is 11.8. The second-order valence-electron chi connectivity index (χ2n) is 5.78. The molecule has 0 saturated heterocycles. The number of nitrogens with zero attached hydrogens (tertiary/aromatic N) is 2. The van der Waals surface area contributed by atoms with Crippen LogP contribution >= 0.6 is 11.3 Å². The molecule has 0 amide bonds. The Balaban J connectivity index is 0.000000242. The van der Waals surface area contributed by atoms with Crippen LogP contribution in [0.3, 0.4) is 0 Å². The fourth-order valence-electron chi connectivity index (χ4n) is 2.38. The second kappa shape index (κ2) is 8.55. The summed E-state index contributed by atoms with van der Waals surface area (Å²) in [5.74, 6) is -2.51. The molecule has 3 rings (SSSR count). The maximum absolute atomic E-state index is 9.55. The summed E-state index contributed by atoms with van der Waals surface area (Å²) in [6, 6.07) is 8.62. The number of benzene rings is 1. The van der Waals surface area contributed by atoms with Gasteiger partial charge in [0, 0.05) is 42.0 Å². The zero-order valence-electron chi connectivity index (χ0n) is 14.1. The molecule has 0 unspecified atom stereocenters. The van der Waals surface area contributed by atoms with E-state index in [2.05, 4.69) is 43.3 Å². The molecule has 1 aromatic carbocycles. The Bertz CT molecular complexity index is 780. The number of aromatic nitrogens is 1. The third-order valence-corrected chi connectivity index (χ3v) is 4.62. The van der Waals surface area contributed by atoms with Gasteiger partial charge in [0.1, 0.15) is 0 Å². The fraction of sp³-hybridized carbons (Fsp3) is 0.278. The Kier molecular flexibility index (Phi) is 6.44. The summed E-state index contributed by atoms with van der Waals surface area (Å²) in [5.41, 5.74) is 4.01. The van der Waals surface area contributed by atoms with E-state index in [1.165, 1.54) is 26.7 Å². The predicted octanol–water partition coefficient (Wildman–Crippen LogP) is 2.53. The quantitative estimate of drug-likeness (QED) is 0.680. The zero-order chi connectivity index (χ0) is 18.4. The van der Waals surface area contributed by atoms with E-state index in [1.54, 1.807) is 0 Å². The van der Waals surface area contributed by atoms with Crippen LogP contribution in [0.15, 0.2) is 36.4 Å². The summed E-state index contributed by atoms with van der Waals surface area (Å²) in [6.07, 6.45) is 3.25. The van der Waals surface area contributed by atoms with Gasteiger partial charge in [-0.2, -0.15) is 0 Å². The van der Waals surface area contributed by atoms with Crippen LogP contribution in [-0.2, 0) is 22.4 Å². The highest BCUT2D eigenvalue weighted by Crippen LogP contribution is 2.39. The van der Waals surface area contributed by atoms with Crippen molar-refractivity contribution in [3.8, 4) is 11.3 Å². The number of thiazole rings is 1. The highest BCUT2D eigenvalue weighted by Gasteiger charge is 2.22. The first-order chi connectivity index (χ1) is 11.9. The lowest BCUT2D eigenvalue weighted by Gasteiger charge is -2.06. The molecule has 0 radical (unpaired) electrons. The van der Waals surface area contributed by atoms with Gasteiger partial charge in [0.15, 0.2) is 0 Å². The average Bonchev–Trinajstić information content (AvgIpc) is 3.09. The highest BCUT2D eigenvalue weighted by atomic mass is 32.1. The molecule has 6 nitrogen and oxygen atoms in total. The second-order valence-corrected chi connectivity index (χ2v) is 6.94. The summed E-state index contributed by atoms with van der Waals surface area (Å²) < 4.78 is 0. The van der Waals surface area contributed by atoms with Crippen molar-refractivity contribution < 1.29 is 19.8 Å². The molecule has 0 bridgehead atoms. The molecule has 132 valence electrons. The van der Waals surface area contributed by atoms with Gasteiger partial charge in [0.25, 0.3) is 0 Å². The Hall–Kier alpha value is -2.51. The minimum absolute atomic E-state index is 0.558. The maximum Gasteiger partial charge on any atom is 0.328 e. The van der Waals surface area contributed by atoms with Crippen molar-refractivity contribution in [3.63, 3.8) is 0 Å². The molecule has 0 aliphatic heterocycles. The number of carboxylic acid groups (broad SMARTS) is 2. The van der Waals surface area contributed by atoms with E-state index in [9.17, 15) is 9.59 Å². The van der Waals surface area contributed by atoms with Crippen LogP contribution in [0.4, 0.5) is 0 Å².